The average Bonchev–Trinajstić information content (AvgIpc) is 3.35. The van der Waals surface area contributed by atoms with E-state index in [2.05, 4.69) is 10.3 Å². The molecule has 3 aliphatic rings. The summed E-state index contributed by atoms with van der Waals surface area (Å²) >= 11 is 0. The molecule has 34 heavy (non-hydrogen) atoms. The van der Waals surface area contributed by atoms with Crippen molar-refractivity contribution >= 4 is 17.8 Å². The van der Waals surface area contributed by atoms with Crippen molar-refractivity contribution in [3.05, 3.63) is 66.0 Å². The molecule has 178 valence electrons. The van der Waals surface area contributed by atoms with Gasteiger partial charge < -0.3 is 9.84 Å². The van der Waals surface area contributed by atoms with Crippen molar-refractivity contribution in [3.8, 4) is 0 Å². The van der Waals surface area contributed by atoms with Crippen LogP contribution in [0.15, 0.2) is 54.7 Å². The number of ether oxygens (including phenoxy) is 1. The number of carboxylic acid groups (broad SMARTS) is 1. The van der Waals surface area contributed by atoms with Crippen LogP contribution in [-0.4, -0.2) is 51.0 Å². The third-order valence-corrected chi connectivity index (χ3v) is 7.46. The lowest BCUT2D eigenvalue weighted by molar-refractivity contribution is -0.155. The molecule has 5 rings (SSSR count). The summed E-state index contributed by atoms with van der Waals surface area (Å²) in [5, 5.41) is 13.6. The second-order valence-electron chi connectivity index (χ2n) is 9.47. The van der Waals surface area contributed by atoms with Gasteiger partial charge in [-0.3, -0.25) is 29.6 Å². The molecular formula is C26H29N3O5. The van der Waals surface area contributed by atoms with Crippen molar-refractivity contribution in [1.29, 1.82) is 0 Å². The summed E-state index contributed by atoms with van der Waals surface area (Å²) in [5.41, 5.74) is -0.274. The summed E-state index contributed by atoms with van der Waals surface area (Å²) in [4.78, 5) is 46.0. The Kier molecular flexibility index (Phi) is 6.18. The van der Waals surface area contributed by atoms with E-state index in [-0.39, 0.29) is 25.2 Å². The van der Waals surface area contributed by atoms with Gasteiger partial charge in [-0.25, -0.2) is 0 Å². The number of fused-ring (bicyclic) bond motifs is 1. The van der Waals surface area contributed by atoms with Crippen molar-refractivity contribution in [1.82, 2.24) is 15.2 Å². The molecule has 2 N–H and O–H groups in total. The lowest BCUT2D eigenvalue weighted by Gasteiger charge is -2.34. The van der Waals surface area contributed by atoms with E-state index < -0.39 is 35.3 Å². The first-order valence-electron chi connectivity index (χ1n) is 11.9. The van der Waals surface area contributed by atoms with Gasteiger partial charge in [0.1, 0.15) is 0 Å². The number of rotatable bonds is 7. The number of aliphatic carboxylic acids is 1. The molecule has 4 atom stereocenters. The van der Waals surface area contributed by atoms with Crippen molar-refractivity contribution in [2.24, 2.45) is 11.8 Å². The predicted octanol–water partition coefficient (Wildman–Crippen LogP) is 2.70. The molecule has 0 spiro atoms. The van der Waals surface area contributed by atoms with Crippen LogP contribution in [0.4, 0.5) is 0 Å². The molecule has 2 aromatic rings. The topological polar surface area (TPSA) is 109 Å². The smallest absolute Gasteiger partial charge is 0.327 e. The maximum Gasteiger partial charge on any atom is 0.327 e. The Balaban J connectivity index is 1.49. The zero-order valence-electron chi connectivity index (χ0n) is 18.9. The van der Waals surface area contributed by atoms with Crippen LogP contribution in [0, 0.1) is 11.8 Å². The van der Waals surface area contributed by atoms with Crippen molar-refractivity contribution in [3.63, 3.8) is 0 Å². The van der Waals surface area contributed by atoms with Gasteiger partial charge in [0.05, 0.1) is 36.8 Å². The van der Waals surface area contributed by atoms with Gasteiger partial charge in [0, 0.05) is 12.2 Å². The number of aromatic nitrogens is 1. The number of amides is 2. The molecule has 1 aromatic heterocycles. The quantitative estimate of drug-likeness (QED) is 0.608. The largest absolute Gasteiger partial charge is 0.480 e. The average molecular weight is 464 g/mol. The van der Waals surface area contributed by atoms with Crippen LogP contribution in [0.2, 0.25) is 0 Å². The van der Waals surface area contributed by atoms with Gasteiger partial charge in [-0.1, -0.05) is 55.7 Å². The van der Waals surface area contributed by atoms with Gasteiger partial charge in [-0.2, -0.15) is 0 Å². The highest BCUT2D eigenvalue weighted by molar-refractivity contribution is 6.09. The molecule has 8 heteroatoms. The number of carbonyl (C=O) groups is 3. The maximum absolute atomic E-state index is 13.8. The van der Waals surface area contributed by atoms with Gasteiger partial charge in [-0.05, 0) is 30.5 Å². The Hall–Kier alpha value is -3.10. The summed E-state index contributed by atoms with van der Waals surface area (Å²) in [6, 6.07) is 13.9. The zero-order valence-corrected chi connectivity index (χ0v) is 18.9. The minimum atomic E-state index is -1.72. The molecule has 2 saturated heterocycles. The molecule has 1 aromatic carbocycles. The van der Waals surface area contributed by atoms with E-state index in [0.717, 1.165) is 37.7 Å². The highest BCUT2D eigenvalue weighted by atomic mass is 16.5. The number of pyridine rings is 1. The molecule has 2 amide bonds. The Morgan fingerprint density at radius 3 is 2.47 bits per heavy atom. The summed E-state index contributed by atoms with van der Waals surface area (Å²) in [6.07, 6.45) is 6.15. The van der Waals surface area contributed by atoms with Gasteiger partial charge >= 0.3 is 5.97 Å². The number of benzene rings is 1. The van der Waals surface area contributed by atoms with E-state index >= 15 is 0 Å². The number of hydrogen-bond acceptors (Lipinski definition) is 6. The second-order valence-corrected chi connectivity index (χ2v) is 9.47. The Morgan fingerprint density at radius 1 is 1.06 bits per heavy atom. The van der Waals surface area contributed by atoms with E-state index in [0.29, 0.717) is 5.69 Å². The predicted molar refractivity (Wildman–Crippen MR) is 122 cm³/mol. The number of carbonyl (C=O) groups excluding carboxylic acids is 2. The second kappa shape index (κ2) is 9.27. The molecule has 3 heterocycles. The zero-order chi connectivity index (χ0) is 23.7. The molecule has 4 unspecified atom stereocenters. The fourth-order valence-corrected chi connectivity index (χ4v) is 5.83. The third kappa shape index (κ3) is 3.80. The normalized spacial score (nSPS) is 29.4. The van der Waals surface area contributed by atoms with Crippen molar-refractivity contribution < 1.29 is 24.2 Å². The number of nitrogens with zero attached hydrogens (tertiary/aromatic N) is 2. The van der Waals surface area contributed by atoms with Crippen LogP contribution in [0.5, 0.6) is 0 Å². The summed E-state index contributed by atoms with van der Waals surface area (Å²) in [7, 11) is 0. The van der Waals surface area contributed by atoms with Crippen LogP contribution in [0.25, 0.3) is 0 Å². The SMILES string of the molecule is O=C1C2C(c3ccccn3)NC(COCc3ccccc3)(C(=O)O)C2C(=O)N1C1CCCCC1. The summed E-state index contributed by atoms with van der Waals surface area (Å²) in [5.74, 6) is -3.78. The maximum atomic E-state index is 13.8. The fraction of sp³-hybridized carbons (Fsp3) is 0.462. The Labute approximate surface area is 198 Å². The molecule has 1 aliphatic carbocycles. The number of imide groups is 1. The fourth-order valence-electron chi connectivity index (χ4n) is 5.83. The van der Waals surface area contributed by atoms with Crippen LogP contribution in [-0.2, 0) is 25.7 Å². The molecular weight excluding hydrogens is 434 g/mol. The highest BCUT2D eigenvalue weighted by Crippen LogP contribution is 2.50. The Morgan fingerprint density at radius 2 is 1.79 bits per heavy atom. The Bertz CT molecular complexity index is 1060. The van der Waals surface area contributed by atoms with Crippen LogP contribution in [0.1, 0.15) is 49.4 Å². The standard InChI is InChI=1S/C26H29N3O5/c30-23-20-21(24(31)29(23)18-11-5-2-6-12-18)26(25(32)33,16-34-15-17-9-3-1-4-10-17)28-22(20)19-13-7-8-14-27-19/h1,3-4,7-10,13-14,18,20-22,28H,2,5-6,11-12,15-16H2,(H,32,33). The van der Waals surface area contributed by atoms with E-state index in [1.807, 2.05) is 30.3 Å². The molecule has 1 saturated carbocycles. The molecule has 0 radical (unpaired) electrons. The van der Waals surface area contributed by atoms with Crippen LogP contribution >= 0.6 is 0 Å². The third-order valence-electron chi connectivity index (χ3n) is 7.46. The van der Waals surface area contributed by atoms with E-state index in [1.54, 1.807) is 24.4 Å². The first kappa shape index (κ1) is 22.7. The summed E-state index contributed by atoms with van der Waals surface area (Å²) in [6.45, 7) is -0.0308. The number of hydrogen-bond donors (Lipinski definition) is 2. The first-order chi connectivity index (χ1) is 16.5. The van der Waals surface area contributed by atoms with Crippen molar-refractivity contribution in [2.45, 2.75) is 56.3 Å². The lowest BCUT2D eigenvalue weighted by atomic mass is 9.80. The van der Waals surface area contributed by atoms with Crippen molar-refractivity contribution in [2.75, 3.05) is 6.61 Å². The van der Waals surface area contributed by atoms with E-state index in [9.17, 15) is 19.5 Å². The minimum absolute atomic E-state index is 0.166. The molecule has 3 fully saturated rings. The molecule has 8 nitrogen and oxygen atoms in total. The minimum Gasteiger partial charge on any atom is -0.480 e. The van der Waals surface area contributed by atoms with Crippen LogP contribution in [0.3, 0.4) is 0 Å². The van der Waals surface area contributed by atoms with E-state index in [1.165, 1.54) is 4.90 Å². The highest BCUT2D eigenvalue weighted by Gasteiger charge is 2.69. The monoisotopic (exact) mass is 463 g/mol. The summed E-state index contributed by atoms with van der Waals surface area (Å²) < 4.78 is 5.88. The lowest BCUT2D eigenvalue weighted by Crippen LogP contribution is -2.59. The number of likely N-dealkylation sites (tertiary alicyclic amines) is 1. The van der Waals surface area contributed by atoms with Crippen LogP contribution < -0.4 is 5.32 Å². The van der Waals surface area contributed by atoms with Gasteiger partial charge in [0.2, 0.25) is 11.8 Å². The van der Waals surface area contributed by atoms with Gasteiger partial charge in [-0.15, -0.1) is 0 Å². The molecule has 0 bridgehead atoms. The number of nitrogens with one attached hydrogen (secondary N) is 1. The van der Waals surface area contributed by atoms with Gasteiger partial charge in [0.15, 0.2) is 5.54 Å². The number of carboxylic acids is 1. The van der Waals surface area contributed by atoms with E-state index in [4.69, 9.17) is 4.74 Å². The molecule has 2 aliphatic heterocycles. The van der Waals surface area contributed by atoms with Gasteiger partial charge in [0.25, 0.3) is 0 Å². The first-order valence-corrected chi connectivity index (χ1v) is 11.9.